The molecule has 2 aliphatic carbocycles. The number of carbonyl (C=O) groups excluding carboxylic acids is 1. The summed E-state index contributed by atoms with van der Waals surface area (Å²) in [6.07, 6.45) is -0.228. The van der Waals surface area contributed by atoms with Crippen molar-refractivity contribution in [1.82, 2.24) is 5.32 Å². The first-order valence-electron chi connectivity index (χ1n) is 9.96. The summed E-state index contributed by atoms with van der Waals surface area (Å²) in [5.41, 5.74) is 0.0840. The quantitative estimate of drug-likeness (QED) is 0.256. The molecule has 30 heavy (non-hydrogen) atoms. The predicted octanol–water partition coefficient (Wildman–Crippen LogP) is 4.13. The SMILES string of the molecule is CSCNCOC(C)OCC(OC(C)OC(=O)C1CC1)C1=CC=C(C(F)(F)F)CC1. The molecule has 0 amide bonds. The normalized spacial score (nSPS) is 20.2. The maximum Gasteiger partial charge on any atom is 0.412 e. The van der Waals surface area contributed by atoms with Crippen molar-refractivity contribution in [2.75, 3.05) is 25.5 Å². The van der Waals surface area contributed by atoms with Crippen LogP contribution in [0.25, 0.3) is 0 Å². The van der Waals surface area contributed by atoms with Gasteiger partial charge >= 0.3 is 12.1 Å². The second-order valence-corrected chi connectivity index (χ2v) is 8.10. The minimum absolute atomic E-state index is 0.0655. The second-order valence-electron chi connectivity index (χ2n) is 7.23. The first-order valence-corrected chi connectivity index (χ1v) is 11.4. The van der Waals surface area contributed by atoms with Crippen molar-refractivity contribution < 1.29 is 36.9 Å². The summed E-state index contributed by atoms with van der Waals surface area (Å²) in [5, 5.41) is 3.05. The summed E-state index contributed by atoms with van der Waals surface area (Å²) in [5.74, 6) is 0.359. The van der Waals surface area contributed by atoms with Gasteiger partial charge in [0.2, 0.25) is 6.29 Å². The van der Waals surface area contributed by atoms with Crippen molar-refractivity contribution in [1.29, 1.82) is 0 Å². The number of halogens is 3. The van der Waals surface area contributed by atoms with Crippen LogP contribution < -0.4 is 5.32 Å². The van der Waals surface area contributed by atoms with Gasteiger partial charge in [0.15, 0.2) is 6.29 Å². The van der Waals surface area contributed by atoms with Gasteiger partial charge in [0.25, 0.3) is 0 Å². The van der Waals surface area contributed by atoms with E-state index in [1.165, 1.54) is 6.08 Å². The lowest BCUT2D eigenvalue weighted by molar-refractivity contribution is -0.200. The van der Waals surface area contributed by atoms with Crippen LogP contribution >= 0.6 is 11.8 Å². The Morgan fingerprint density at radius 1 is 1.20 bits per heavy atom. The zero-order valence-electron chi connectivity index (χ0n) is 17.5. The zero-order valence-corrected chi connectivity index (χ0v) is 18.3. The fraction of sp³-hybridized carbons (Fsp3) is 0.750. The van der Waals surface area contributed by atoms with E-state index in [0.29, 0.717) is 12.3 Å². The summed E-state index contributed by atoms with van der Waals surface area (Å²) in [6, 6.07) is 0. The van der Waals surface area contributed by atoms with Crippen molar-refractivity contribution in [3.05, 3.63) is 23.3 Å². The molecule has 0 saturated heterocycles. The Morgan fingerprint density at radius 3 is 2.50 bits per heavy atom. The third-order valence-electron chi connectivity index (χ3n) is 4.66. The van der Waals surface area contributed by atoms with Gasteiger partial charge in [-0.05, 0) is 51.4 Å². The Hall–Kier alpha value is -1.07. The van der Waals surface area contributed by atoms with E-state index < -0.39 is 30.4 Å². The number of allylic oxidation sites excluding steroid dienone is 3. The Balaban J connectivity index is 1.94. The molecule has 0 radical (unpaired) electrons. The first kappa shape index (κ1) is 25.2. The van der Waals surface area contributed by atoms with Crippen LogP contribution in [0.1, 0.15) is 39.5 Å². The Labute approximate surface area is 179 Å². The molecule has 2 rings (SSSR count). The van der Waals surface area contributed by atoms with Crippen LogP contribution in [0.5, 0.6) is 0 Å². The highest BCUT2D eigenvalue weighted by Crippen LogP contribution is 2.34. The number of hydrogen-bond donors (Lipinski definition) is 1. The van der Waals surface area contributed by atoms with E-state index in [2.05, 4.69) is 5.32 Å². The van der Waals surface area contributed by atoms with Gasteiger partial charge in [-0.15, -0.1) is 11.8 Å². The highest BCUT2D eigenvalue weighted by Gasteiger charge is 2.36. The molecule has 0 aromatic rings. The van der Waals surface area contributed by atoms with E-state index in [4.69, 9.17) is 18.9 Å². The Bertz CT molecular complexity index is 622. The number of rotatable bonds is 13. The van der Waals surface area contributed by atoms with Gasteiger partial charge in [-0.25, -0.2) is 0 Å². The molecule has 6 nitrogen and oxygen atoms in total. The lowest BCUT2D eigenvalue weighted by Gasteiger charge is -2.28. The molecule has 0 heterocycles. The van der Waals surface area contributed by atoms with Crippen LogP contribution in [-0.4, -0.2) is 56.3 Å². The zero-order chi connectivity index (χ0) is 22.1. The van der Waals surface area contributed by atoms with Crippen LogP contribution in [0.2, 0.25) is 0 Å². The van der Waals surface area contributed by atoms with Gasteiger partial charge in [0, 0.05) is 11.4 Å². The average molecular weight is 454 g/mol. The molecule has 1 fully saturated rings. The van der Waals surface area contributed by atoms with E-state index in [0.717, 1.165) is 24.8 Å². The molecule has 172 valence electrons. The van der Waals surface area contributed by atoms with Crippen LogP contribution in [0.15, 0.2) is 23.3 Å². The maximum absolute atomic E-state index is 12.9. The molecular weight excluding hydrogens is 423 g/mol. The van der Waals surface area contributed by atoms with E-state index in [-0.39, 0.29) is 31.3 Å². The summed E-state index contributed by atoms with van der Waals surface area (Å²) in [4.78, 5) is 11.9. The van der Waals surface area contributed by atoms with Crippen LogP contribution in [0, 0.1) is 5.92 Å². The Morgan fingerprint density at radius 2 is 1.93 bits per heavy atom. The van der Waals surface area contributed by atoms with Crippen molar-refractivity contribution in [3.63, 3.8) is 0 Å². The fourth-order valence-corrected chi connectivity index (χ4v) is 3.11. The minimum atomic E-state index is -4.34. The predicted molar refractivity (Wildman–Crippen MR) is 107 cm³/mol. The topological polar surface area (TPSA) is 66.0 Å². The molecule has 1 saturated carbocycles. The standard InChI is InChI=1S/C20H30F3NO5S/c1-13(27-11-24-12-30-3)26-10-18(28-14(2)29-19(25)16-4-5-16)15-6-8-17(9-7-15)20(21,22)23/h6,8,13-14,16,18,24H,4-5,7,9-12H2,1-3H3. The van der Waals surface area contributed by atoms with Crippen molar-refractivity contribution in [2.24, 2.45) is 5.92 Å². The Kier molecular flexibility index (Phi) is 10.2. The minimum Gasteiger partial charge on any atom is -0.436 e. The van der Waals surface area contributed by atoms with Gasteiger partial charge in [0.1, 0.15) is 12.8 Å². The van der Waals surface area contributed by atoms with E-state index in [1.54, 1.807) is 25.6 Å². The largest absolute Gasteiger partial charge is 0.436 e. The highest BCUT2D eigenvalue weighted by atomic mass is 32.2. The molecule has 1 N–H and O–H groups in total. The molecule has 0 bridgehead atoms. The van der Waals surface area contributed by atoms with Gasteiger partial charge in [-0.3, -0.25) is 10.1 Å². The molecule has 0 aromatic heterocycles. The summed E-state index contributed by atoms with van der Waals surface area (Å²) in [7, 11) is 0. The number of alkyl halides is 3. The first-order chi connectivity index (χ1) is 14.2. The van der Waals surface area contributed by atoms with Crippen LogP contribution in [-0.2, 0) is 23.7 Å². The number of nitrogens with one attached hydrogen (secondary N) is 1. The average Bonchev–Trinajstić information content (AvgIpc) is 3.53. The molecule has 3 atom stereocenters. The smallest absolute Gasteiger partial charge is 0.412 e. The number of esters is 1. The monoisotopic (exact) mass is 453 g/mol. The molecular formula is C20H30F3NO5S. The van der Waals surface area contributed by atoms with Gasteiger partial charge < -0.3 is 18.9 Å². The fourth-order valence-electron chi connectivity index (χ4n) is 2.82. The van der Waals surface area contributed by atoms with E-state index in [9.17, 15) is 18.0 Å². The maximum atomic E-state index is 12.9. The van der Waals surface area contributed by atoms with E-state index >= 15 is 0 Å². The molecule has 3 unspecified atom stereocenters. The number of thioether (sulfide) groups is 1. The summed E-state index contributed by atoms with van der Waals surface area (Å²) in [6.45, 7) is 3.70. The van der Waals surface area contributed by atoms with E-state index in [1.807, 2.05) is 6.26 Å². The van der Waals surface area contributed by atoms with Crippen molar-refractivity contribution in [2.45, 2.75) is 64.4 Å². The van der Waals surface area contributed by atoms with Crippen molar-refractivity contribution >= 4 is 17.7 Å². The van der Waals surface area contributed by atoms with Gasteiger partial charge in [-0.2, -0.15) is 13.2 Å². The van der Waals surface area contributed by atoms with Gasteiger partial charge in [-0.1, -0.05) is 12.2 Å². The van der Waals surface area contributed by atoms with Gasteiger partial charge in [0.05, 0.1) is 12.5 Å². The third kappa shape index (κ3) is 8.97. The van der Waals surface area contributed by atoms with Crippen molar-refractivity contribution in [3.8, 4) is 0 Å². The van der Waals surface area contributed by atoms with Crippen LogP contribution in [0.4, 0.5) is 13.2 Å². The van der Waals surface area contributed by atoms with Crippen LogP contribution in [0.3, 0.4) is 0 Å². The number of carbonyl (C=O) groups is 1. The molecule has 0 aromatic carbocycles. The molecule has 2 aliphatic rings. The summed E-state index contributed by atoms with van der Waals surface area (Å²) < 4.78 is 61.0. The number of hydrogen-bond acceptors (Lipinski definition) is 7. The summed E-state index contributed by atoms with van der Waals surface area (Å²) >= 11 is 1.62. The molecule has 0 spiro atoms. The molecule has 10 heteroatoms. The number of ether oxygens (including phenoxy) is 4. The second kappa shape index (κ2) is 12.1. The highest BCUT2D eigenvalue weighted by molar-refractivity contribution is 7.98. The molecule has 0 aliphatic heterocycles. The lowest BCUT2D eigenvalue weighted by atomic mass is 9.94. The third-order valence-corrected chi connectivity index (χ3v) is 5.15. The lowest BCUT2D eigenvalue weighted by Crippen LogP contribution is -2.33.